The molecule has 0 N–H and O–H groups in total. The molecule has 0 saturated heterocycles. The van der Waals surface area contributed by atoms with Gasteiger partial charge < -0.3 is 4.74 Å². The van der Waals surface area contributed by atoms with E-state index in [1.807, 2.05) is 41.3 Å². The molecule has 3 aromatic rings. The third-order valence-electron chi connectivity index (χ3n) is 5.00. The van der Waals surface area contributed by atoms with E-state index in [0.29, 0.717) is 6.61 Å². The summed E-state index contributed by atoms with van der Waals surface area (Å²) in [5, 5.41) is 15.9. The summed E-state index contributed by atoms with van der Waals surface area (Å²) in [5.74, 6) is 0.811. The first-order valence-electron chi connectivity index (χ1n) is 8.25. The molecule has 0 saturated carbocycles. The van der Waals surface area contributed by atoms with Crippen molar-refractivity contribution in [2.75, 3.05) is 0 Å². The molecule has 1 aromatic heterocycles. The normalized spacial score (nSPS) is 20.3. The summed E-state index contributed by atoms with van der Waals surface area (Å²) in [5.41, 5.74) is 3.04. The van der Waals surface area contributed by atoms with E-state index in [4.69, 9.17) is 4.74 Å². The Morgan fingerprint density at radius 1 is 1.31 bits per heavy atom. The van der Waals surface area contributed by atoms with Gasteiger partial charge in [0, 0.05) is 33.7 Å². The van der Waals surface area contributed by atoms with Crippen molar-refractivity contribution in [3.63, 3.8) is 0 Å². The van der Waals surface area contributed by atoms with Crippen LogP contribution in [0.4, 0.5) is 5.69 Å². The summed E-state index contributed by atoms with van der Waals surface area (Å²) in [4.78, 5) is 10.9. The second kappa shape index (κ2) is 5.72. The zero-order valence-electron chi connectivity index (χ0n) is 13.6. The molecule has 0 fully saturated rings. The Bertz CT molecular complexity index is 1030. The lowest BCUT2D eigenvalue weighted by atomic mass is 10.1. The molecule has 2 atom stereocenters. The van der Waals surface area contributed by atoms with Crippen molar-refractivity contribution in [1.82, 2.24) is 9.78 Å². The molecule has 0 unspecified atom stereocenters. The molecule has 5 rings (SSSR count). The van der Waals surface area contributed by atoms with E-state index < -0.39 is 0 Å². The first-order valence-corrected chi connectivity index (χ1v) is 9.04. The fraction of sp³-hybridized carbons (Fsp3) is 0.222. The SMILES string of the molecule is O=[N+]([O-])c1cc(Br)c2c(c1)[C@@H]1[C@H](C2)OCc2nn(-c3ccccc3)c[n+]21. The number of para-hydroxylation sites is 1. The number of aromatic nitrogens is 3. The lowest BCUT2D eigenvalue weighted by Crippen LogP contribution is -2.51. The quantitative estimate of drug-likeness (QED) is 0.367. The first kappa shape index (κ1) is 15.7. The van der Waals surface area contributed by atoms with Crippen LogP contribution in [0.2, 0.25) is 0 Å². The van der Waals surface area contributed by atoms with Crippen LogP contribution in [0, 0.1) is 10.1 Å². The number of ether oxygens (including phenoxy) is 1. The van der Waals surface area contributed by atoms with Gasteiger partial charge in [0.15, 0.2) is 0 Å². The van der Waals surface area contributed by atoms with Gasteiger partial charge in [-0.3, -0.25) is 10.1 Å². The standard InChI is InChI=1S/C18H14BrN4O3/c19-15-7-12(23(24)25)6-14-13(15)8-16-18(14)21-10-22(20-17(21)9-26-16)11-4-2-1-3-5-11/h1-7,10,16,18H,8-9H2/q+1/t16-,18+/m0/s1. The van der Waals surface area contributed by atoms with Gasteiger partial charge in [0.05, 0.1) is 4.92 Å². The molecule has 2 aromatic carbocycles. The number of fused-ring (bicyclic) bond motifs is 5. The monoisotopic (exact) mass is 413 g/mol. The van der Waals surface area contributed by atoms with Gasteiger partial charge in [-0.1, -0.05) is 38.8 Å². The molecule has 0 amide bonds. The predicted octanol–water partition coefficient (Wildman–Crippen LogP) is 2.87. The highest BCUT2D eigenvalue weighted by Crippen LogP contribution is 2.41. The van der Waals surface area contributed by atoms with E-state index in [9.17, 15) is 10.1 Å². The molecule has 1 aliphatic heterocycles. The number of nitrogens with zero attached hydrogens (tertiary/aromatic N) is 4. The Morgan fingerprint density at radius 2 is 2.12 bits per heavy atom. The second-order valence-electron chi connectivity index (χ2n) is 6.47. The molecule has 130 valence electrons. The van der Waals surface area contributed by atoms with Crippen LogP contribution in [0.1, 0.15) is 23.0 Å². The number of non-ortho nitro benzene ring substituents is 1. The Labute approximate surface area is 157 Å². The number of benzene rings is 2. The Balaban J connectivity index is 1.65. The average Bonchev–Trinajstić information content (AvgIpc) is 3.23. The van der Waals surface area contributed by atoms with E-state index in [2.05, 4.69) is 25.6 Å². The largest absolute Gasteiger partial charge is 0.363 e. The molecule has 2 heterocycles. The van der Waals surface area contributed by atoms with Gasteiger partial charge >= 0.3 is 5.82 Å². The first-order chi connectivity index (χ1) is 12.6. The Kier molecular flexibility index (Phi) is 3.44. The van der Waals surface area contributed by atoms with Crippen LogP contribution in [0.5, 0.6) is 0 Å². The van der Waals surface area contributed by atoms with Crippen LogP contribution in [0.15, 0.2) is 53.3 Å². The molecule has 1 aliphatic carbocycles. The van der Waals surface area contributed by atoms with Gasteiger partial charge in [0.2, 0.25) is 6.33 Å². The van der Waals surface area contributed by atoms with E-state index in [-0.39, 0.29) is 22.8 Å². The van der Waals surface area contributed by atoms with E-state index in [1.165, 1.54) is 0 Å². The van der Waals surface area contributed by atoms with Crippen LogP contribution in [-0.2, 0) is 17.8 Å². The number of rotatable bonds is 2. The third-order valence-corrected chi connectivity index (χ3v) is 5.71. The highest BCUT2D eigenvalue weighted by atomic mass is 79.9. The topological polar surface area (TPSA) is 74.1 Å². The number of nitro groups is 1. The van der Waals surface area contributed by atoms with Crippen molar-refractivity contribution in [1.29, 1.82) is 0 Å². The van der Waals surface area contributed by atoms with Gasteiger partial charge in [0.25, 0.3) is 5.69 Å². The molecule has 7 nitrogen and oxygen atoms in total. The maximum Gasteiger partial charge on any atom is 0.304 e. The van der Waals surface area contributed by atoms with Gasteiger partial charge in [0.1, 0.15) is 24.4 Å². The molecular formula is C18H14BrN4O3+. The number of hydrogen-bond donors (Lipinski definition) is 0. The van der Waals surface area contributed by atoms with Gasteiger partial charge in [-0.2, -0.15) is 0 Å². The highest BCUT2D eigenvalue weighted by molar-refractivity contribution is 9.10. The summed E-state index contributed by atoms with van der Waals surface area (Å²) >= 11 is 3.49. The van der Waals surface area contributed by atoms with Gasteiger partial charge in [-0.05, 0) is 17.7 Å². The van der Waals surface area contributed by atoms with Gasteiger partial charge in [-0.25, -0.2) is 4.57 Å². The maximum atomic E-state index is 11.3. The van der Waals surface area contributed by atoms with Crippen LogP contribution < -0.4 is 4.57 Å². The predicted molar refractivity (Wildman–Crippen MR) is 95.0 cm³/mol. The summed E-state index contributed by atoms with van der Waals surface area (Å²) in [6.45, 7) is 0.425. The smallest absolute Gasteiger partial charge is 0.304 e. The molecule has 0 radical (unpaired) electrons. The minimum absolute atomic E-state index is 0.0470. The highest BCUT2D eigenvalue weighted by Gasteiger charge is 2.45. The second-order valence-corrected chi connectivity index (χ2v) is 7.32. The molecule has 2 aliphatic rings. The Hall–Kier alpha value is -2.58. The number of hydrogen-bond acceptors (Lipinski definition) is 4. The van der Waals surface area contributed by atoms with Crippen molar-refractivity contribution in [3.05, 3.63) is 80.3 Å². The van der Waals surface area contributed by atoms with Crippen molar-refractivity contribution in [2.45, 2.75) is 25.2 Å². The summed E-state index contributed by atoms with van der Waals surface area (Å²) in [7, 11) is 0. The van der Waals surface area contributed by atoms with Crippen LogP contribution in [0.25, 0.3) is 5.69 Å². The van der Waals surface area contributed by atoms with E-state index in [0.717, 1.165) is 33.5 Å². The summed E-state index contributed by atoms with van der Waals surface area (Å²) in [6, 6.07) is 13.0. The lowest BCUT2D eigenvalue weighted by molar-refractivity contribution is -0.739. The zero-order valence-corrected chi connectivity index (χ0v) is 15.2. The minimum atomic E-state index is -0.360. The zero-order chi connectivity index (χ0) is 17.8. The van der Waals surface area contributed by atoms with Crippen molar-refractivity contribution in [3.8, 4) is 5.69 Å². The maximum absolute atomic E-state index is 11.3. The fourth-order valence-electron chi connectivity index (χ4n) is 3.83. The van der Waals surface area contributed by atoms with E-state index >= 15 is 0 Å². The third kappa shape index (κ3) is 2.29. The Morgan fingerprint density at radius 3 is 2.88 bits per heavy atom. The summed E-state index contributed by atoms with van der Waals surface area (Å²) in [6.07, 6.45) is 2.63. The number of halogens is 1. The molecule has 26 heavy (non-hydrogen) atoms. The average molecular weight is 414 g/mol. The van der Waals surface area contributed by atoms with Gasteiger partial charge in [-0.15, -0.1) is 0 Å². The fourth-order valence-corrected chi connectivity index (χ4v) is 4.45. The number of nitro benzene ring substituents is 1. The van der Waals surface area contributed by atoms with Crippen LogP contribution >= 0.6 is 15.9 Å². The molecule has 0 bridgehead atoms. The van der Waals surface area contributed by atoms with Crippen LogP contribution in [0.3, 0.4) is 0 Å². The molecule has 8 heteroatoms. The molecule has 0 spiro atoms. The minimum Gasteiger partial charge on any atom is -0.363 e. The lowest BCUT2D eigenvalue weighted by Gasteiger charge is -2.23. The van der Waals surface area contributed by atoms with Crippen LogP contribution in [-0.4, -0.2) is 20.8 Å². The van der Waals surface area contributed by atoms with Crippen molar-refractivity contribution in [2.24, 2.45) is 0 Å². The van der Waals surface area contributed by atoms with Crippen molar-refractivity contribution >= 4 is 21.6 Å². The summed E-state index contributed by atoms with van der Waals surface area (Å²) < 4.78 is 10.7. The van der Waals surface area contributed by atoms with E-state index in [1.54, 1.807) is 12.1 Å². The van der Waals surface area contributed by atoms with Crippen molar-refractivity contribution < 1.29 is 14.2 Å². The molecular weight excluding hydrogens is 400 g/mol.